The van der Waals surface area contributed by atoms with Crippen molar-refractivity contribution in [2.45, 2.75) is 4.90 Å². The largest absolute Gasteiger partial charge is 0.492 e. The van der Waals surface area contributed by atoms with E-state index in [9.17, 15) is 8.42 Å². The predicted molar refractivity (Wildman–Crippen MR) is 89.0 cm³/mol. The first-order valence-corrected chi connectivity index (χ1v) is 8.94. The first-order chi connectivity index (χ1) is 10.4. The molecule has 0 saturated heterocycles. The van der Waals surface area contributed by atoms with E-state index in [2.05, 4.69) is 4.90 Å². The molecule has 0 aromatic heterocycles. The number of benzene rings is 2. The minimum absolute atomic E-state index is 0.322. The fourth-order valence-electron chi connectivity index (χ4n) is 2.05. The van der Waals surface area contributed by atoms with Crippen molar-refractivity contribution in [3.05, 3.63) is 48.5 Å². The van der Waals surface area contributed by atoms with E-state index in [1.165, 1.54) is 6.26 Å². The van der Waals surface area contributed by atoms with E-state index in [1.807, 2.05) is 50.5 Å². The molecule has 2 rings (SSSR count). The van der Waals surface area contributed by atoms with Gasteiger partial charge < -0.3 is 9.64 Å². The highest BCUT2D eigenvalue weighted by molar-refractivity contribution is 7.90. The molecule has 0 aliphatic heterocycles. The van der Waals surface area contributed by atoms with Crippen LogP contribution in [0.4, 0.5) is 0 Å². The summed E-state index contributed by atoms with van der Waals surface area (Å²) in [6.07, 6.45) is 1.21. The van der Waals surface area contributed by atoms with Gasteiger partial charge in [0.1, 0.15) is 12.4 Å². The summed E-state index contributed by atoms with van der Waals surface area (Å²) in [5.74, 6) is 0.802. The second kappa shape index (κ2) is 6.94. The van der Waals surface area contributed by atoms with Crippen LogP contribution in [0.1, 0.15) is 0 Å². The van der Waals surface area contributed by atoms with Crippen LogP contribution in [0.2, 0.25) is 0 Å². The van der Waals surface area contributed by atoms with Gasteiger partial charge in [0.15, 0.2) is 9.84 Å². The third-order valence-corrected chi connectivity index (χ3v) is 4.41. The molecule has 0 N–H and O–H groups in total. The molecule has 0 aliphatic rings. The van der Waals surface area contributed by atoms with Crippen LogP contribution in [0.5, 0.6) is 5.75 Å². The average molecular weight is 319 g/mol. The molecule has 0 saturated carbocycles. The molecule has 0 unspecified atom stereocenters. The molecule has 2 aromatic rings. The van der Waals surface area contributed by atoms with Crippen molar-refractivity contribution in [1.82, 2.24) is 4.90 Å². The van der Waals surface area contributed by atoms with Gasteiger partial charge in [-0.25, -0.2) is 8.42 Å². The van der Waals surface area contributed by atoms with Crippen molar-refractivity contribution in [2.75, 3.05) is 33.5 Å². The van der Waals surface area contributed by atoms with Gasteiger partial charge in [0.25, 0.3) is 0 Å². The van der Waals surface area contributed by atoms with Gasteiger partial charge >= 0.3 is 0 Å². The maximum atomic E-state index is 11.5. The number of ether oxygens (including phenoxy) is 1. The standard InChI is InChI=1S/C17H21NO3S/c1-18(2)12-13-21-17-7-5-4-6-16(17)14-8-10-15(11-9-14)22(3,19)20/h4-11H,12-13H2,1-3H3. The second-order valence-electron chi connectivity index (χ2n) is 5.44. The van der Waals surface area contributed by atoms with Crippen LogP contribution in [0.3, 0.4) is 0 Å². The topological polar surface area (TPSA) is 46.6 Å². The minimum atomic E-state index is -3.17. The molecule has 0 radical (unpaired) electrons. The summed E-state index contributed by atoms with van der Waals surface area (Å²) in [6, 6.07) is 14.6. The quantitative estimate of drug-likeness (QED) is 0.821. The monoisotopic (exact) mass is 319 g/mol. The summed E-state index contributed by atoms with van der Waals surface area (Å²) in [5, 5.41) is 0. The van der Waals surface area contributed by atoms with E-state index in [1.54, 1.807) is 12.1 Å². The van der Waals surface area contributed by atoms with Crippen molar-refractivity contribution >= 4 is 9.84 Å². The lowest BCUT2D eigenvalue weighted by molar-refractivity contribution is 0.262. The SMILES string of the molecule is CN(C)CCOc1ccccc1-c1ccc(S(C)(=O)=O)cc1. The van der Waals surface area contributed by atoms with Gasteiger partial charge in [-0.15, -0.1) is 0 Å². The lowest BCUT2D eigenvalue weighted by atomic mass is 10.1. The zero-order valence-electron chi connectivity index (χ0n) is 13.1. The zero-order valence-corrected chi connectivity index (χ0v) is 13.9. The fraction of sp³-hybridized carbons (Fsp3) is 0.294. The summed E-state index contributed by atoms with van der Waals surface area (Å²) in [4.78, 5) is 2.38. The molecule has 2 aromatic carbocycles. The van der Waals surface area contributed by atoms with Crippen LogP contribution in [-0.4, -0.2) is 46.8 Å². The maximum absolute atomic E-state index is 11.5. The van der Waals surface area contributed by atoms with E-state index < -0.39 is 9.84 Å². The lowest BCUT2D eigenvalue weighted by Gasteiger charge is -2.14. The van der Waals surface area contributed by atoms with Gasteiger partial charge in [-0.05, 0) is 37.9 Å². The lowest BCUT2D eigenvalue weighted by Crippen LogP contribution is -2.19. The number of rotatable bonds is 6. The third kappa shape index (κ3) is 4.32. The normalized spacial score (nSPS) is 11.6. The average Bonchev–Trinajstić information content (AvgIpc) is 2.47. The summed E-state index contributed by atoms with van der Waals surface area (Å²) in [7, 11) is 0.826. The summed E-state index contributed by atoms with van der Waals surface area (Å²) < 4.78 is 28.9. The van der Waals surface area contributed by atoms with E-state index in [4.69, 9.17) is 4.74 Å². The van der Waals surface area contributed by atoms with Crippen molar-refractivity contribution in [1.29, 1.82) is 0 Å². The molecular formula is C17H21NO3S. The Morgan fingerprint density at radius 2 is 1.64 bits per heavy atom. The van der Waals surface area contributed by atoms with Crippen molar-refractivity contribution in [2.24, 2.45) is 0 Å². The minimum Gasteiger partial charge on any atom is -0.492 e. The van der Waals surface area contributed by atoms with Gasteiger partial charge in [-0.3, -0.25) is 0 Å². The number of hydrogen-bond acceptors (Lipinski definition) is 4. The highest BCUT2D eigenvalue weighted by Crippen LogP contribution is 2.30. The second-order valence-corrected chi connectivity index (χ2v) is 7.46. The number of likely N-dealkylation sites (N-methyl/N-ethyl adjacent to an activating group) is 1. The van der Waals surface area contributed by atoms with Crippen LogP contribution in [-0.2, 0) is 9.84 Å². The number of hydrogen-bond donors (Lipinski definition) is 0. The number of sulfone groups is 1. The summed E-state index contributed by atoms with van der Waals surface area (Å²) in [6.45, 7) is 1.44. The van der Waals surface area contributed by atoms with Gasteiger partial charge in [0, 0.05) is 18.4 Å². The molecule has 0 amide bonds. The summed E-state index contributed by atoms with van der Waals surface area (Å²) in [5.41, 5.74) is 1.90. The fourth-order valence-corrected chi connectivity index (χ4v) is 2.68. The van der Waals surface area contributed by atoms with Crippen molar-refractivity contribution < 1.29 is 13.2 Å². The van der Waals surface area contributed by atoms with Crippen molar-refractivity contribution in [3.8, 4) is 16.9 Å². The predicted octanol–water partition coefficient (Wildman–Crippen LogP) is 2.70. The Morgan fingerprint density at radius 1 is 1.00 bits per heavy atom. The molecule has 0 aliphatic carbocycles. The first-order valence-electron chi connectivity index (χ1n) is 7.05. The Hall–Kier alpha value is -1.85. The van der Waals surface area contributed by atoms with E-state index in [0.717, 1.165) is 23.4 Å². The molecular weight excluding hydrogens is 298 g/mol. The smallest absolute Gasteiger partial charge is 0.175 e. The molecule has 0 fully saturated rings. The molecule has 0 atom stereocenters. The van der Waals surface area contributed by atoms with Gasteiger partial charge in [0.2, 0.25) is 0 Å². The molecule has 0 bridgehead atoms. The molecule has 4 nitrogen and oxygen atoms in total. The van der Waals surface area contributed by atoms with Gasteiger partial charge in [-0.1, -0.05) is 30.3 Å². The maximum Gasteiger partial charge on any atom is 0.175 e. The van der Waals surface area contributed by atoms with Crippen molar-refractivity contribution in [3.63, 3.8) is 0 Å². The first kappa shape index (κ1) is 16.5. The van der Waals surface area contributed by atoms with Crippen LogP contribution >= 0.6 is 0 Å². The van der Waals surface area contributed by atoms with Gasteiger partial charge in [-0.2, -0.15) is 0 Å². The molecule has 5 heteroatoms. The third-order valence-electron chi connectivity index (χ3n) is 3.28. The Balaban J connectivity index is 2.25. The van der Waals surface area contributed by atoms with Crippen LogP contribution in [0, 0.1) is 0 Å². The zero-order chi connectivity index (χ0) is 16.2. The van der Waals surface area contributed by atoms with E-state index >= 15 is 0 Å². The van der Waals surface area contributed by atoms with Crippen LogP contribution in [0.15, 0.2) is 53.4 Å². The number of para-hydroxylation sites is 1. The van der Waals surface area contributed by atoms with Crippen LogP contribution in [0.25, 0.3) is 11.1 Å². The molecule has 118 valence electrons. The highest BCUT2D eigenvalue weighted by atomic mass is 32.2. The number of nitrogens with zero attached hydrogens (tertiary/aromatic N) is 1. The molecule has 0 heterocycles. The van der Waals surface area contributed by atoms with E-state index in [0.29, 0.717) is 11.5 Å². The van der Waals surface area contributed by atoms with Crippen LogP contribution < -0.4 is 4.74 Å². The molecule has 0 spiro atoms. The van der Waals surface area contributed by atoms with Gasteiger partial charge in [0.05, 0.1) is 4.90 Å². The highest BCUT2D eigenvalue weighted by Gasteiger charge is 2.09. The summed E-state index contributed by atoms with van der Waals surface area (Å²) >= 11 is 0. The Bertz CT molecular complexity index is 722. The Morgan fingerprint density at radius 3 is 2.23 bits per heavy atom. The molecule has 22 heavy (non-hydrogen) atoms. The van der Waals surface area contributed by atoms with E-state index in [-0.39, 0.29) is 0 Å². The Kier molecular flexibility index (Phi) is 5.21. The Labute approximate surface area is 132 Å².